The maximum absolute atomic E-state index is 12.9. The minimum absolute atomic E-state index is 0.160. The van der Waals surface area contributed by atoms with E-state index in [1.165, 1.54) is 21.9 Å². The van der Waals surface area contributed by atoms with Gasteiger partial charge in [-0.05, 0) is 68.7 Å². The number of benzene rings is 1. The summed E-state index contributed by atoms with van der Waals surface area (Å²) in [4.78, 5) is 17.3. The molecule has 0 spiro atoms. The van der Waals surface area contributed by atoms with Crippen LogP contribution in [0, 0.1) is 5.92 Å². The predicted octanol–water partition coefficient (Wildman–Crippen LogP) is 2.03. The molecule has 0 bridgehead atoms. The fourth-order valence-corrected chi connectivity index (χ4v) is 5.13. The molecule has 1 saturated heterocycles. The fourth-order valence-electron chi connectivity index (χ4n) is 3.60. The van der Waals surface area contributed by atoms with E-state index in [0.29, 0.717) is 37.4 Å². The van der Waals surface area contributed by atoms with Crippen molar-refractivity contribution in [1.82, 2.24) is 9.79 Å². The third kappa shape index (κ3) is 4.04. The smallest absolute Gasteiger partial charge is 0.246 e. The molecule has 1 fully saturated rings. The van der Waals surface area contributed by atoms with E-state index < -0.39 is 10.0 Å². The normalized spacial score (nSPS) is 19.4. The van der Waals surface area contributed by atoms with Crippen LogP contribution < -0.4 is 5.48 Å². The van der Waals surface area contributed by atoms with Crippen LogP contribution in [0.5, 0.6) is 0 Å². The third-order valence-electron chi connectivity index (χ3n) is 5.10. The molecule has 1 aliphatic heterocycles. The molecule has 0 atom stereocenters. The second-order valence-electron chi connectivity index (χ2n) is 6.72. The van der Waals surface area contributed by atoms with Crippen molar-refractivity contribution in [1.29, 1.82) is 0 Å². The molecule has 1 aliphatic carbocycles. The number of hydroxylamine groups is 1. The monoisotopic (exact) mass is 366 g/mol. The molecule has 0 aromatic heterocycles. The van der Waals surface area contributed by atoms with E-state index in [2.05, 4.69) is 5.48 Å². The quantitative estimate of drug-likeness (QED) is 0.809. The number of carbonyl (C=O) groups excluding carboxylic acids is 1. The number of nitrogens with zero attached hydrogens (tertiary/aromatic N) is 1. The number of hydrogen-bond acceptors (Lipinski definition) is 4. The van der Waals surface area contributed by atoms with Gasteiger partial charge < -0.3 is 0 Å². The van der Waals surface area contributed by atoms with E-state index in [-0.39, 0.29) is 11.8 Å². The van der Waals surface area contributed by atoms with Crippen LogP contribution in [0.2, 0.25) is 0 Å². The Hall–Kier alpha value is -1.44. The Bertz CT molecular complexity index is 725. The van der Waals surface area contributed by atoms with Crippen molar-refractivity contribution in [3.63, 3.8) is 0 Å². The van der Waals surface area contributed by atoms with Gasteiger partial charge in [0.05, 0.1) is 11.5 Å². The summed E-state index contributed by atoms with van der Waals surface area (Å²) in [5.41, 5.74) is 4.85. The van der Waals surface area contributed by atoms with Gasteiger partial charge in [0.25, 0.3) is 0 Å². The van der Waals surface area contributed by atoms with Gasteiger partial charge >= 0.3 is 0 Å². The molecule has 138 valence electrons. The molecule has 1 aromatic rings. The Labute approximate surface area is 149 Å². The first-order valence-corrected chi connectivity index (χ1v) is 10.5. The average molecular weight is 366 g/mol. The number of fused-ring (bicyclic) bond motifs is 1. The van der Waals surface area contributed by atoms with E-state index in [1.54, 1.807) is 13.0 Å². The van der Waals surface area contributed by atoms with E-state index in [9.17, 15) is 13.2 Å². The molecule has 0 unspecified atom stereocenters. The number of sulfonamides is 1. The predicted molar refractivity (Wildman–Crippen MR) is 94.3 cm³/mol. The lowest BCUT2D eigenvalue weighted by Crippen LogP contribution is -2.43. The lowest BCUT2D eigenvalue weighted by atomic mass is 9.92. The number of hydrogen-bond donors (Lipinski definition) is 1. The van der Waals surface area contributed by atoms with E-state index >= 15 is 0 Å². The number of amides is 1. The minimum Gasteiger partial charge on any atom is -0.274 e. The van der Waals surface area contributed by atoms with Crippen LogP contribution in [0.25, 0.3) is 0 Å². The largest absolute Gasteiger partial charge is 0.274 e. The molecule has 25 heavy (non-hydrogen) atoms. The van der Waals surface area contributed by atoms with Crippen molar-refractivity contribution in [2.75, 3.05) is 19.7 Å². The summed E-state index contributed by atoms with van der Waals surface area (Å²) in [5.74, 6) is -0.353. The van der Waals surface area contributed by atoms with E-state index in [1.807, 2.05) is 12.1 Å². The minimum atomic E-state index is -3.49. The van der Waals surface area contributed by atoms with E-state index in [0.717, 1.165) is 19.3 Å². The zero-order valence-corrected chi connectivity index (χ0v) is 15.5. The molecule has 0 saturated carbocycles. The molecule has 2 aliphatic rings. The Morgan fingerprint density at radius 2 is 1.88 bits per heavy atom. The van der Waals surface area contributed by atoms with Gasteiger partial charge in [-0.2, -0.15) is 4.31 Å². The number of carbonyl (C=O) groups is 1. The highest BCUT2D eigenvalue weighted by Crippen LogP contribution is 2.28. The zero-order valence-electron chi connectivity index (χ0n) is 14.7. The highest BCUT2D eigenvalue weighted by atomic mass is 32.2. The summed E-state index contributed by atoms with van der Waals surface area (Å²) in [7, 11) is -3.49. The summed E-state index contributed by atoms with van der Waals surface area (Å²) in [6.07, 6.45) is 5.33. The van der Waals surface area contributed by atoms with Crippen LogP contribution in [0.15, 0.2) is 23.1 Å². The summed E-state index contributed by atoms with van der Waals surface area (Å²) < 4.78 is 27.3. The Kier molecular flexibility index (Phi) is 5.76. The van der Waals surface area contributed by atoms with Crippen molar-refractivity contribution in [2.45, 2.75) is 50.3 Å². The fraction of sp³-hybridized carbons (Fsp3) is 0.611. The zero-order chi connectivity index (χ0) is 17.9. The van der Waals surface area contributed by atoms with Crippen LogP contribution >= 0.6 is 0 Å². The Balaban J connectivity index is 1.67. The maximum atomic E-state index is 12.9. The lowest BCUT2D eigenvalue weighted by Gasteiger charge is -2.30. The number of piperidine rings is 1. The molecule has 3 rings (SSSR count). The molecule has 1 N–H and O–H groups in total. The molecule has 0 radical (unpaired) electrons. The third-order valence-corrected chi connectivity index (χ3v) is 6.99. The molecular weight excluding hydrogens is 340 g/mol. The highest BCUT2D eigenvalue weighted by molar-refractivity contribution is 7.89. The number of rotatable bonds is 5. The maximum Gasteiger partial charge on any atom is 0.246 e. The van der Waals surface area contributed by atoms with E-state index in [4.69, 9.17) is 4.84 Å². The highest BCUT2D eigenvalue weighted by Gasteiger charge is 2.32. The van der Waals surface area contributed by atoms with Gasteiger partial charge in [-0.25, -0.2) is 13.9 Å². The van der Waals surface area contributed by atoms with Crippen molar-refractivity contribution in [3.8, 4) is 0 Å². The second-order valence-corrected chi connectivity index (χ2v) is 8.65. The van der Waals surface area contributed by atoms with Gasteiger partial charge in [-0.1, -0.05) is 6.07 Å². The molecule has 7 heteroatoms. The topological polar surface area (TPSA) is 75.7 Å². The lowest BCUT2D eigenvalue weighted by molar-refractivity contribution is -0.138. The average Bonchev–Trinajstić information content (AvgIpc) is 2.65. The van der Waals surface area contributed by atoms with Crippen molar-refractivity contribution < 1.29 is 18.0 Å². The van der Waals surface area contributed by atoms with Gasteiger partial charge in [-0.15, -0.1) is 0 Å². The second kappa shape index (κ2) is 7.85. The number of nitrogens with one attached hydrogen (secondary N) is 1. The van der Waals surface area contributed by atoms with Crippen LogP contribution in [0.3, 0.4) is 0 Å². The Morgan fingerprint density at radius 3 is 2.56 bits per heavy atom. The Morgan fingerprint density at radius 1 is 1.20 bits per heavy atom. The first-order valence-electron chi connectivity index (χ1n) is 9.06. The number of aryl methyl sites for hydroxylation is 2. The van der Waals surface area contributed by atoms with Crippen LogP contribution in [0.1, 0.15) is 43.7 Å². The summed E-state index contributed by atoms with van der Waals surface area (Å²) in [5, 5.41) is 0. The SMILES string of the molecule is CCONC(=O)C1CCN(S(=O)(=O)c2ccc3c(c2)CCCC3)CC1. The summed E-state index contributed by atoms with van der Waals surface area (Å²) in [6, 6.07) is 5.54. The van der Waals surface area contributed by atoms with Gasteiger partial charge in [0, 0.05) is 19.0 Å². The molecule has 1 heterocycles. The van der Waals surface area contributed by atoms with Gasteiger partial charge in [0.2, 0.25) is 15.9 Å². The van der Waals surface area contributed by atoms with Crippen LogP contribution in [0.4, 0.5) is 0 Å². The first-order chi connectivity index (χ1) is 12.0. The standard InChI is InChI=1S/C18H26N2O4S/c1-2-24-19-18(21)15-9-11-20(12-10-15)25(22,23)17-8-7-14-5-3-4-6-16(14)13-17/h7-8,13,15H,2-6,9-12H2,1H3,(H,19,21). The van der Waals surface area contributed by atoms with Gasteiger partial charge in [0.15, 0.2) is 0 Å². The van der Waals surface area contributed by atoms with Crippen molar-refractivity contribution >= 4 is 15.9 Å². The molecular formula is C18H26N2O4S. The van der Waals surface area contributed by atoms with Gasteiger partial charge in [-0.3, -0.25) is 9.63 Å². The summed E-state index contributed by atoms with van der Waals surface area (Å²) in [6.45, 7) is 2.94. The van der Waals surface area contributed by atoms with Crippen LogP contribution in [-0.2, 0) is 32.5 Å². The first kappa shape index (κ1) is 18.4. The van der Waals surface area contributed by atoms with Crippen molar-refractivity contribution in [2.24, 2.45) is 5.92 Å². The van der Waals surface area contributed by atoms with Crippen molar-refractivity contribution in [3.05, 3.63) is 29.3 Å². The summed E-state index contributed by atoms with van der Waals surface area (Å²) >= 11 is 0. The molecule has 1 amide bonds. The van der Waals surface area contributed by atoms with Crippen LogP contribution in [-0.4, -0.2) is 38.3 Å². The molecule has 1 aromatic carbocycles. The molecule has 6 nitrogen and oxygen atoms in total. The van der Waals surface area contributed by atoms with Gasteiger partial charge in [0.1, 0.15) is 0 Å².